The molecule has 1 saturated carbocycles. The van der Waals surface area contributed by atoms with Crippen LogP contribution in [0.2, 0.25) is 0 Å². The van der Waals surface area contributed by atoms with Crippen LogP contribution in [0.4, 0.5) is 0 Å². The average Bonchev–Trinajstić information content (AvgIpc) is 2.83. The van der Waals surface area contributed by atoms with E-state index in [9.17, 15) is 19.5 Å². The lowest BCUT2D eigenvalue weighted by molar-refractivity contribution is -0.149. The van der Waals surface area contributed by atoms with E-state index in [1.54, 1.807) is 0 Å². The number of carbonyl (C=O) groups is 3. The van der Waals surface area contributed by atoms with Crippen LogP contribution in [0.15, 0.2) is 0 Å². The number of carboxylic acids is 1. The van der Waals surface area contributed by atoms with E-state index in [2.05, 4.69) is 5.32 Å². The predicted molar refractivity (Wildman–Crippen MR) is 62.7 cm³/mol. The molecule has 18 heavy (non-hydrogen) atoms. The Morgan fingerprint density at radius 2 is 2.06 bits per heavy atom. The minimum atomic E-state index is -0.930. The second-order valence-electron chi connectivity index (χ2n) is 5.09. The van der Waals surface area contributed by atoms with Crippen LogP contribution in [-0.4, -0.2) is 46.9 Å². The number of likely N-dealkylation sites (tertiary alicyclic amines) is 1. The molecule has 0 spiro atoms. The fourth-order valence-electron chi connectivity index (χ4n) is 3.18. The van der Waals surface area contributed by atoms with Crippen molar-refractivity contribution in [2.24, 2.45) is 11.8 Å². The van der Waals surface area contributed by atoms with E-state index >= 15 is 0 Å². The molecule has 1 heterocycles. The highest BCUT2D eigenvalue weighted by Gasteiger charge is 2.49. The van der Waals surface area contributed by atoms with Gasteiger partial charge in [0.05, 0.1) is 6.54 Å². The van der Waals surface area contributed by atoms with E-state index in [-0.39, 0.29) is 24.3 Å². The lowest BCUT2D eigenvalue weighted by Crippen LogP contribution is -2.47. The Labute approximate surface area is 105 Å². The molecule has 2 amide bonds. The first kappa shape index (κ1) is 12.9. The molecule has 0 aromatic carbocycles. The van der Waals surface area contributed by atoms with Crippen molar-refractivity contribution in [3.63, 3.8) is 0 Å². The molecule has 1 aliphatic carbocycles. The van der Waals surface area contributed by atoms with Crippen molar-refractivity contribution >= 4 is 17.8 Å². The zero-order valence-corrected chi connectivity index (χ0v) is 10.4. The van der Waals surface area contributed by atoms with Crippen molar-refractivity contribution in [1.29, 1.82) is 0 Å². The van der Waals surface area contributed by atoms with Gasteiger partial charge in [-0.15, -0.1) is 0 Å². The summed E-state index contributed by atoms with van der Waals surface area (Å²) in [7, 11) is 0. The fraction of sp³-hybridized carbons (Fsp3) is 0.750. The molecule has 1 saturated heterocycles. The van der Waals surface area contributed by atoms with Gasteiger partial charge in [-0.3, -0.25) is 9.59 Å². The summed E-state index contributed by atoms with van der Waals surface area (Å²) < 4.78 is 0. The molecule has 2 aliphatic rings. The van der Waals surface area contributed by atoms with Crippen LogP contribution in [0, 0.1) is 11.8 Å². The predicted octanol–water partition coefficient (Wildman–Crippen LogP) is -0.166. The van der Waals surface area contributed by atoms with E-state index in [0.29, 0.717) is 12.5 Å². The van der Waals surface area contributed by atoms with Crippen molar-refractivity contribution in [3.05, 3.63) is 0 Å². The van der Waals surface area contributed by atoms with Gasteiger partial charge in [-0.25, -0.2) is 4.79 Å². The smallest absolute Gasteiger partial charge is 0.326 e. The number of aliphatic carboxylic acids is 1. The maximum absolute atomic E-state index is 11.9. The summed E-state index contributed by atoms with van der Waals surface area (Å²) in [6, 6.07) is -0.709. The molecular weight excluding hydrogens is 236 g/mol. The Bertz CT molecular complexity index is 382. The van der Waals surface area contributed by atoms with E-state index < -0.39 is 12.0 Å². The van der Waals surface area contributed by atoms with Crippen LogP contribution in [0.1, 0.15) is 26.2 Å². The maximum atomic E-state index is 11.9. The van der Waals surface area contributed by atoms with Gasteiger partial charge < -0.3 is 15.3 Å². The van der Waals surface area contributed by atoms with Crippen LogP contribution in [0.5, 0.6) is 0 Å². The van der Waals surface area contributed by atoms with Crippen molar-refractivity contribution in [1.82, 2.24) is 10.2 Å². The third-order valence-corrected chi connectivity index (χ3v) is 3.95. The first-order chi connectivity index (χ1) is 8.50. The van der Waals surface area contributed by atoms with Crippen LogP contribution in [0.25, 0.3) is 0 Å². The monoisotopic (exact) mass is 254 g/mol. The van der Waals surface area contributed by atoms with Gasteiger partial charge in [0.15, 0.2) is 0 Å². The third kappa shape index (κ3) is 2.32. The molecular formula is C12H18N2O4. The number of fused-ring (bicyclic) bond motifs is 1. The molecule has 2 rings (SSSR count). The number of hydrogen-bond donors (Lipinski definition) is 2. The van der Waals surface area contributed by atoms with Crippen LogP contribution < -0.4 is 5.32 Å². The molecule has 0 radical (unpaired) electrons. The van der Waals surface area contributed by atoms with E-state index in [4.69, 9.17) is 0 Å². The molecule has 3 atom stereocenters. The molecule has 2 fully saturated rings. The van der Waals surface area contributed by atoms with Gasteiger partial charge in [-0.05, 0) is 24.7 Å². The first-order valence-electron chi connectivity index (χ1n) is 6.27. The van der Waals surface area contributed by atoms with Gasteiger partial charge in [0.1, 0.15) is 6.04 Å². The van der Waals surface area contributed by atoms with Gasteiger partial charge in [0.25, 0.3) is 0 Å². The normalized spacial score (nSPS) is 30.1. The van der Waals surface area contributed by atoms with Crippen molar-refractivity contribution in [2.45, 2.75) is 32.2 Å². The Balaban J connectivity index is 2.05. The Hall–Kier alpha value is -1.59. The lowest BCUT2D eigenvalue weighted by Gasteiger charge is -2.24. The first-order valence-corrected chi connectivity index (χ1v) is 6.27. The molecule has 3 unspecified atom stereocenters. The molecule has 0 aromatic heterocycles. The van der Waals surface area contributed by atoms with Gasteiger partial charge in [0.2, 0.25) is 11.8 Å². The number of rotatable bonds is 3. The highest BCUT2D eigenvalue weighted by atomic mass is 16.4. The SMILES string of the molecule is CC(=O)NCC(=O)N1CC2CCCC2C1C(=O)O. The summed E-state index contributed by atoms with van der Waals surface area (Å²) in [5.41, 5.74) is 0. The van der Waals surface area contributed by atoms with Gasteiger partial charge >= 0.3 is 5.97 Å². The highest BCUT2D eigenvalue weighted by Crippen LogP contribution is 2.42. The van der Waals surface area contributed by atoms with Crippen LogP contribution in [-0.2, 0) is 14.4 Å². The largest absolute Gasteiger partial charge is 0.480 e. The maximum Gasteiger partial charge on any atom is 0.326 e. The zero-order chi connectivity index (χ0) is 13.3. The third-order valence-electron chi connectivity index (χ3n) is 3.95. The minimum absolute atomic E-state index is 0.0868. The quantitative estimate of drug-likeness (QED) is 0.732. The van der Waals surface area contributed by atoms with Gasteiger partial charge in [-0.2, -0.15) is 0 Å². The fourth-order valence-corrected chi connectivity index (χ4v) is 3.18. The Morgan fingerprint density at radius 3 is 2.67 bits per heavy atom. The zero-order valence-electron chi connectivity index (χ0n) is 10.4. The van der Waals surface area contributed by atoms with Crippen molar-refractivity contribution in [3.8, 4) is 0 Å². The Kier molecular flexibility index (Phi) is 3.54. The number of carbonyl (C=O) groups excluding carboxylic acids is 2. The lowest BCUT2D eigenvalue weighted by atomic mass is 9.94. The molecule has 6 heteroatoms. The second-order valence-corrected chi connectivity index (χ2v) is 5.09. The van der Waals surface area contributed by atoms with Crippen LogP contribution in [0.3, 0.4) is 0 Å². The van der Waals surface area contributed by atoms with E-state index in [0.717, 1.165) is 19.3 Å². The van der Waals surface area contributed by atoms with E-state index in [1.165, 1.54) is 11.8 Å². The number of amides is 2. The molecule has 100 valence electrons. The summed E-state index contributed by atoms with van der Waals surface area (Å²) in [6.07, 6.45) is 2.93. The van der Waals surface area contributed by atoms with Crippen molar-refractivity contribution in [2.75, 3.05) is 13.1 Å². The molecule has 0 bridgehead atoms. The van der Waals surface area contributed by atoms with Gasteiger partial charge in [0, 0.05) is 13.5 Å². The molecule has 6 nitrogen and oxygen atoms in total. The molecule has 2 N–H and O–H groups in total. The second kappa shape index (κ2) is 4.96. The molecule has 1 aliphatic heterocycles. The summed E-state index contributed by atoms with van der Waals surface area (Å²) in [5.74, 6) is -1.11. The summed E-state index contributed by atoms with van der Waals surface area (Å²) in [6.45, 7) is 1.74. The molecule has 0 aromatic rings. The summed E-state index contributed by atoms with van der Waals surface area (Å²) in [5, 5.41) is 11.7. The number of hydrogen-bond acceptors (Lipinski definition) is 3. The topological polar surface area (TPSA) is 86.7 Å². The van der Waals surface area contributed by atoms with Gasteiger partial charge in [-0.1, -0.05) is 6.42 Å². The summed E-state index contributed by atoms with van der Waals surface area (Å²) in [4.78, 5) is 35.5. The number of nitrogens with zero attached hydrogens (tertiary/aromatic N) is 1. The standard InChI is InChI=1S/C12H18N2O4/c1-7(15)13-5-10(16)14-6-8-3-2-4-9(8)11(14)12(17)18/h8-9,11H,2-6H2,1H3,(H,13,15)(H,17,18). The average molecular weight is 254 g/mol. The van der Waals surface area contributed by atoms with E-state index in [1.807, 2.05) is 0 Å². The van der Waals surface area contributed by atoms with Crippen LogP contribution >= 0.6 is 0 Å². The minimum Gasteiger partial charge on any atom is -0.480 e. The number of nitrogens with one attached hydrogen (secondary N) is 1. The van der Waals surface area contributed by atoms with Crippen molar-refractivity contribution < 1.29 is 19.5 Å². The Morgan fingerprint density at radius 1 is 1.33 bits per heavy atom. The summed E-state index contributed by atoms with van der Waals surface area (Å²) >= 11 is 0. The number of carboxylic acid groups (broad SMARTS) is 1. The highest BCUT2D eigenvalue weighted by molar-refractivity contribution is 5.88.